The number of nitrogens with zero attached hydrogens (tertiary/aromatic N) is 3. The third kappa shape index (κ3) is 2.73. The minimum Gasteiger partial charge on any atom is -0.497 e. The van der Waals surface area contributed by atoms with E-state index in [1.807, 2.05) is 24.3 Å². The summed E-state index contributed by atoms with van der Waals surface area (Å²) in [4.78, 5) is 4.03. The summed E-state index contributed by atoms with van der Waals surface area (Å²) in [5, 5.41) is 17.3. The third-order valence-corrected chi connectivity index (χ3v) is 2.31. The summed E-state index contributed by atoms with van der Waals surface area (Å²) in [6.07, 6.45) is 0. The second-order valence-corrected chi connectivity index (χ2v) is 3.63. The van der Waals surface area contributed by atoms with Crippen molar-refractivity contribution >= 4 is 5.95 Å². The minimum absolute atomic E-state index is 0.262. The largest absolute Gasteiger partial charge is 0.497 e. The van der Waals surface area contributed by atoms with Gasteiger partial charge < -0.3 is 4.74 Å². The molecule has 2 N–H and O–H groups in total. The van der Waals surface area contributed by atoms with Crippen molar-refractivity contribution in [3.63, 3.8) is 0 Å². The fraction of sp³-hybridized carbons (Fsp3) is 0.273. The second kappa shape index (κ2) is 4.84. The first-order valence-corrected chi connectivity index (χ1v) is 5.17. The lowest BCUT2D eigenvalue weighted by molar-refractivity contribution is 0.243. The van der Waals surface area contributed by atoms with Crippen LogP contribution in [0.1, 0.15) is 11.4 Å². The van der Waals surface area contributed by atoms with Crippen LogP contribution in [0.3, 0.4) is 0 Å². The quantitative estimate of drug-likeness (QED) is 0.784. The van der Waals surface area contributed by atoms with Gasteiger partial charge in [0.05, 0.1) is 13.7 Å². The van der Waals surface area contributed by atoms with Gasteiger partial charge in [0.2, 0.25) is 0 Å². The Kier molecular flexibility index (Phi) is 3.24. The van der Waals surface area contributed by atoms with E-state index in [0.717, 1.165) is 16.4 Å². The number of aromatic nitrogens is 3. The molecule has 0 fully saturated rings. The van der Waals surface area contributed by atoms with Gasteiger partial charge in [-0.25, -0.2) is 5.06 Å². The molecule has 1 aromatic heterocycles. The molecule has 0 aliphatic carbocycles. The maximum atomic E-state index is 9.77. The van der Waals surface area contributed by atoms with Crippen LogP contribution >= 0.6 is 0 Å². The van der Waals surface area contributed by atoms with Crippen LogP contribution in [0, 0.1) is 6.92 Å². The van der Waals surface area contributed by atoms with Crippen LogP contribution in [0.4, 0.5) is 5.95 Å². The Morgan fingerprint density at radius 3 is 2.59 bits per heavy atom. The molecule has 0 bridgehead atoms. The highest BCUT2D eigenvalue weighted by atomic mass is 16.5. The van der Waals surface area contributed by atoms with Crippen LogP contribution in [0.25, 0.3) is 0 Å². The molecule has 0 amide bonds. The maximum Gasteiger partial charge on any atom is 0.268 e. The van der Waals surface area contributed by atoms with E-state index in [1.54, 1.807) is 14.0 Å². The second-order valence-electron chi connectivity index (χ2n) is 3.63. The zero-order valence-electron chi connectivity index (χ0n) is 9.71. The molecule has 2 aromatic rings. The van der Waals surface area contributed by atoms with Crippen LogP contribution in [0.5, 0.6) is 5.75 Å². The van der Waals surface area contributed by atoms with E-state index in [9.17, 15) is 5.21 Å². The number of anilines is 1. The van der Waals surface area contributed by atoms with Crippen LogP contribution in [0.15, 0.2) is 24.3 Å². The van der Waals surface area contributed by atoms with Crippen LogP contribution in [-0.2, 0) is 6.54 Å². The van der Waals surface area contributed by atoms with Gasteiger partial charge in [0.15, 0.2) is 0 Å². The molecule has 0 spiro atoms. The third-order valence-electron chi connectivity index (χ3n) is 2.31. The van der Waals surface area contributed by atoms with Gasteiger partial charge in [0, 0.05) is 0 Å². The topological polar surface area (TPSA) is 74.3 Å². The van der Waals surface area contributed by atoms with Crippen molar-refractivity contribution in [2.24, 2.45) is 0 Å². The molecule has 90 valence electrons. The van der Waals surface area contributed by atoms with Crippen LogP contribution < -0.4 is 9.80 Å². The summed E-state index contributed by atoms with van der Waals surface area (Å²) < 4.78 is 5.06. The van der Waals surface area contributed by atoms with Gasteiger partial charge >= 0.3 is 0 Å². The number of hydroxylamine groups is 1. The fourth-order valence-corrected chi connectivity index (χ4v) is 1.42. The molecule has 2 rings (SSSR count). The molecule has 6 nitrogen and oxygen atoms in total. The Bertz CT molecular complexity index is 480. The average Bonchev–Trinajstić information content (AvgIpc) is 2.77. The predicted molar refractivity (Wildman–Crippen MR) is 62.1 cm³/mol. The van der Waals surface area contributed by atoms with Gasteiger partial charge in [0.1, 0.15) is 11.6 Å². The Morgan fingerprint density at radius 1 is 1.35 bits per heavy atom. The Balaban J connectivity index is 2.04. The smallest absolute Gasteiger partial charge is 0.268 e. The number of nitrogens with one attached hydrogen (secondary N) is 1. The van der Waals surface area contributed by atoms with Crippen LogP contribution in [0.2, 0.25) is 0 Å². The zero-order valence-corrected chi connectivity index (χ0v) is 9.71. The normalized spacial score (nSPS) is 10.3. The fourth-order valence-electron chi connectivity index (χ4n) is 1.42. The van der Waals surface area contributed by atoms with Gasteiger partial charge in [-0.2, -0.15) is 4.98 Å². The number of hydrogen-bond donors (Lipinski definition) is 2. The highest BCUT2D eigenvalue weighted by molar-refractivity contribution is 5.31. The van der Waals surface area contributed by atoms with Crippen molar-refractivity contribution in [3.8, 4) is 5.75 Å². The van der Waals surface area contributed by atoms with Gasteiger partial charge in [-0.05, 0) is 24.6 Å². The summed E-state index contributed by atoms with van der Waals surface area (Å²) in [7, 11) is 1.61. The van der Waals surface area contributed by atoms with E-state index in [2.05, 4.69) is 15.2 Å². The van der Waals surface area contributed by atoms with Crippen LogP contribution in [-0.4, -0.2) is 27.5 Å². The monoisotopic (exact) mass is 234 g/mol. The molecule has 0 unspecified atom stereocenters. The number of methoxy groups -OCH3 is 1. The lowest BCUT2D eigenvalue weighted by Crippen LogP contribution is -2.18. The Labute approximate surface area is 98.8 Å². The number of hydrogen-bond acceptors (Lipinski definition) is 5. The molecule has 0 aliphatic heterocycles. The van der Waals surface area contributed by atoms with Crippen molar-refractivity contribution in [1.29, 1.82) is 0 Å². The molecule has 1 aromatic carbocycles. The molecule has 17 heavy (non-hydrogen) atoms. The SMILES string of the molecule is COc1ccc(CN(O)c2n[nH]c(C)n2)cc1. The lowest BCUT2D eigenvalue weighted by atomic mass is 10.2. The summed E-state index contributed by atoms with van der Waals surface area (Å²) in [5.74, 6) is 1.71. The number of benzene rings is 1. The molecule has 0 radical (unpaired) electrons. The highest BCUT2D eigenvalue weighted by Gasteiger charge is 2.08. The Hall–Kier alpha value is -2.08. The predicted octanol–water partition coefficient (Wildman–Crippen LogP) is 1.52. The lowest BCUT2D eigenvalue weighted by Gasteiger charge is -2.12. The number of rotatable bonds is 4. The van der Waals surface area contributed by atoms with Crippen molar-refractivity contribution in [2.45, 2.75) is 13.5 Å². The molecule has 0 aliphatic rings. The summed E-state index contributed by atoms with van der Waals surface area (Å²) in [6.45, 7) is 2.10. The Morgan fingerprint density at radius 2 is 2.06 bits per heavy atom. The standard InChI is InChI=1S/C11H14N4O2/c1-8-12-11(14-13-8)15(16)7-9-3-5-10(17-2)6-4-9/h3-6,16H,7H2,1-2H3,(H,12,13,14). The molecule has 1 heterocycles. The molecule has 6 heteroatoms. The first kappa shape index (κ1) is 11.4. The maximum absolute atomic E-state index is 9.77. The van der Waals surface area contributed by atoms with Gasteiger partial charge in [-0.1, -0.05) is 12.1 Å². The van der Waals surface area contributed by atoms with Gasteiger partial charge in [-0.15, -0.1) is 5.10 Å². The molecule has 0 atom stereocenters. The van der Waals surface area contributed by atoms with E-state index < -0.39 is 0 Å². The molecule has 0 saturated carbocycles. The minimum atomic E-state index is 0.262. The molecular weight excluding hydrogens is 220 g/mol. The summed E-state index contributed by atoms with van der Waals surface area (Å²) >= 11 is 0. The van der Waals surface area contributed by atoms with Crippen molar-refractivity contribution < 1.29 is 9.94 Å². The van der Waals surface area contributed by atoms with E-state index in [4.69, 9.17) is 4.74 Å². The molecular formula is C11H14N4O2. The van der Waals surface area contributed by atoms with E-state index in [-0.39, 0.29) is 5.95 Å². The first-order chi connectivity index (χ1) is 8.19. The zero-order chi connectivity index (χ0) is 12.3. The van der Waals surface area contributed by atoms with E-state index in [0.29, 0.717) is 12.4 Å². The summed E-state index contributed by atoms with van der Waals surface area (Å²) in [6, 6.07) is 7.43. The van der Waals surface area contributed by atoms with Crippen molar-refractivity contribution in [1.82, 2.24) is 15.2 Å². The number of ether oxygens (including phenoxy) is 1. The molecule has 0 saturated heterocycles. The number of aryl methyl sites for hydroxylation is 1. The highest BCUT2D eigenvalue weighted by Crippen LogP contribution is 2.14. The van der Waals surface area contributed by atoms with Crippen molar-refractivity contribution in [3.05, 3.63) is 35.7 Å². The van der Waals surface area contributed by atoms with Crippen molar-refractivity contribution in [2.75, 3.05) is 12.2 Å². The van der Waals surface area contributed by atoms with E-state index in [1.165, 1.54) is 0 Å². The summed E-state index contributed by atoms with van der Waals surface area (Å²) in [5.41, 5.74) is 0.941. The van der Waals surface area contributed by atoms with Gasteiger partial charge in [-0.3, -0.25) is 10.3 Å². The first-order valence-electron chi connectivity index (χ1n) is 5.17. The van der Waals surface area contributed by atoms with Gasteiger partial charge in [0.25, 0.3) is 5.95 Å². The number of aromatic amines is 1. The average molecular weight is 234 g/mol. The number of H-pyrrole nitrogens is 1. The van der Waals surface area contributed by atoms with E-state index >= 15 is 0 Å².